The highest BCUT2D eigenvalue weighted by atomic mass is 19.1. The van der Waals surface area contributed by atoms with Gasteiger partial charge < -0.3 is 5.73 Å². The smallest absolute Gasteiger partial charge is 0.267 e. The Morgan fingerprint density at radius 2 is 2.00 bits per heavy atom. The largest absolute Gasteiger partial charge is 0.382 e. The molecular weight excluding hydrogens is 228 g/mol. The molecule has 88 valence electrons. The number of benzene rings is 1. The van der Waals surface area contributed by atoms with Crippen LogP contribution in [0.5, 0.6) is 0 Å². The average molecular weight is 237 g/mol. The number of hydrogen-bond acceptors (Lipinski definition) is 3. The summed E-state index contributed by atoms with van der Waals surface area (Å²) in [6, 6.07) is 5.74. The number of nitrogens with two attached hydrogens (primary N) is 1. The van der Waals surface area contributed by atoms with Gasteiger partial charge in [0.15, 0.2) is 0 Å². The van der Waals surface area contributed by atoms with Gasteiger partial charge in [0.05, 0.1) is 6.54 Å². The molecule has 4 nitrogen and oxygen atoms in total. The summed E-state index contributed by atoms with van der Waals surface area (Å²) in [4.78, 5) is 11.4. The van der Waals surface area contributed by atoms with E-state index in [1.54, 1.807) is 0 Å². The zero-order valence-corrected chi connectivity index (χ0v) is 8.73. The van der Waals surface area contributed by atoms with E-state index in [4.69, 9.17) is 5.73 Å². The molecule has 1 heterocycles. The van der Waals surface area contributed by atoms with Crippen molar-refractivity contribution in [1.82, 2.24) is 9.78 Å². The molecular formula is C11H9F2N3O. The summed E-state index contributed by atoms with van der Waals surface area (Å²) in [5, 5.41) is 3.75. The Hall–Kier alpha value is -2.24. The molecule has 0 unspecified atom stereocenters. The lowest BCUT2D eigenvalue weighted by atomic mass is 10.2. The van der Waals surface area contributed by atoms with Crippen LogP contribution >= 0.6 is 0 Å². The lowest BCUT2D eigenvalue weighted by Crippen LogP contribution is -2.23. The fraction of sp³-hybridized carbons (Fsp3) is 0.0909. The van der Waals surface area contributed by atoms with Gasteiger partial charge in [0.1, 0.15) is 17.5 Å². The molecule has 2 N–H and O–H groups in total. The van der Waals surface area contributed by atoms with E-state index in [9.17, 15) is 13.6 Å². The molecule has 0 spiro atoms. The van der Waals surface area contributed by atoms with Crippen molar-refractivity contribution in [3.8, 4) is 0 Å². The van der Waals surface area contributed by atoms with Gasteiger partial charge in [-0.2, -0.15) is 5.10 Å². The monoisotopic (exact) mass is 237 g/mol. The van der Waals surface area contributed by atoms with Gasteiger partial charge in [-0.3, -0.25) is 4.79 Å². The molecule has 0 amide bonds. The van der Waals surface area contributed by atoms with E-state index < -0.39 is 17.2 Å². The van der Waals surface area contributed by atoms with Crippen LogP contribution in [0.15, 0.2) is 35.1 Å². The minimum Gasteiger partial charge on any atom is -0.382 e. The first-order valence-electron chi connectivity index (χ1n) is 4.84. The summed E-state index contributed by atoms with van der Waals surface area (Å²) >= 11 is 0. The molecule has 2 aromatic rings. The number of nitrogen functional groups attached to an aromatic ring is 1. The second kappa shape index (κ2) is 4.32. The number of hydrogen-bond donors (Lipinski definition) is 1. The van der Waals surface area contributed by atoms with E-state index in [0.717, 1.165) is 16.8 Å². The SMILES string of the molecule is Nc1ccc(=O)n(Cc2ccc(F)cc2F)n1. The van der Waals surface area contributed by atoms with E-state index in [1.165, 1.54) is 18.2 Å². The van der Waals surface area contributed by atoms with Crippen molar-refractivity contribution >= 4 is 5.82 Å². The average Bonchev–Trinajstić information content (AvgIpc) is 2.27. The number of halogens is 2. The maximum absolute atomic E-state index is 13.4. The van der Waals surface area contributed by atoms with Crippen molar-refractivity contribution in [2.75, 3.05) is 5.73 Å². The highest BCUT2D eigenvalue weighted by molar-refractivity contribution is 5.24. The first-order chi connectivity index (χ1) is 8.06. The highest BCUT2D eigenvalue weighted by Crippen LogP contribution is 2.10. The summed E-state index contributed by atoms with van der Waals surface area (Å²) in [6.45, 7) is -0.0873. The van der Waals surface area contributed by atoms with Crippen LogP contribution < -0.4 is 11.3 Å². The van der Waals surface area contributed by atoms with Gasteiger partial charge in [0, 0.05) is 17.7 Å². The van der Waals surface area contributed by atoms with Crippen LogP contribution in [0.4, 0.5) is 14.6 Å². The van der Waals surface area contributed by atoms with Crippen molar-refractivity contribution in [3.63, 3.8) is 0 Å². The predicted molar refractivity (Wildman–Crippen MR) is 58.4 cm³/mol. The normalized spacial score (nSPS) is 10.5. The van der Waals surface area contributed by atoms with Crippen LogP contribution in [-0.4, -0.2) is 9.78 Å². The number of nitrogens with zero attached hydrogens (tertiary/aromatic N) is 2. The van der Waals surface area contributed by atoms with E-state index in [1.807, 2.05) is 0 Å². The fourth-order valence-electron chi connectivity index (χ4n) is 1.39. The highest BCUT2D eigenvalue weighted by Gasteiger charge is 2.06. The van der Waals surface area contributed by atoms with E-state index >= 15 is 0 Å². The van der Waals surface area contributed by atoms with E-state index in [0.29, 0.717) is 0 Å². The fourth-order valence-corrected chi connectivity index (χ4v) is 1.39. The van der Waals surface area contributed by atoms with Crippen LogP contribution in [0, 0.1) is 11.6 Å². The zero-order valence-electron chi connectivity index (χ0n) is 8.73. The lowest BCUT2D eigenvalue weighted by Gasteiger charge is -2.06. The minimum absolute atomic E-state index is 0.0873. The maximum atomic E-state index is 13.4. The Kier molecular flexibility index (Phi) is 2.86. The molecule has 0 aliphatic heterocycles. The molecule has 0 atom stereocenters. The quantitative estimate of drug-likeness (QED) is 0.852. The Morgan fingerprint density at radius 3 is 2.71 bits per heavy atom. The topological polar surface area (TPSA) is 60.9 Å². The number of anilines is 1. The second-order valence-electron chi connectivity index (χ2n) is 3.49. The van der Waals surface area contributed by atoms with Crippen LogP contribution in [0.3, 0.4) is 0 Å². The third-order valence-electron chi connectivity index (χ3n) is 2.22. The van der Waals surface area contributed by atoms with Gasteiger partial charge >= 0.3 is 0 Å². The maximum Gasteiger partial charge on any atom is 0.267 e. The van der Waals surface area contributed by atoms with Crippen molar-refractivity contribution in [2.24, 2.45) is 0 Å². The van der Waals surface area contributed by atoms with Gasteiger partial charge in [0.2, 0.25) is 0 Å². The first-order valence-corrected chi connectivity index (χ1v) is 4.84. The van der Waals surface area contributed by atoms with Crippen LogP contribution in [-0.2, 0) is 6.54 Å². The molecule has 0 radical (unpaired) electrons. The van der Waals surface area contributed by atoms with Crippen molar-refractivity contribution in [1.29, 1.82) is 0 Å². The Balaban J connectivity index is 2.38. The molecule has 1 aromatic heterocycles. The van der Waals surface area contributed by atoms with Crippen LogP contribution in [0.2, 0.25) is 0 Å². The molecule has 0 fully saturated rings. The van der Waals surface area contributed by atoms with Crippen LogP contribution in [0.25, 0.3) is 0 Å². The third-order valence-corrected chi connectivity index (χ3v) is 2.22. The Labute approximate surface area is 95.3 Å². The van der Waals surface area contributed by atoms with Crippen molar-refractivity contribution in [3.05, 3.63) is 57.9 Å². The Morgan fingerprint density at radius 1 is 1.24 bits per heavy atom. The molecule has 0 aliphatic rings. The molecule has 0 bridgehead atoms. The third kappa shape index (κ3) is 2.47. The summed E-state index contributed by atoms with van der Waals surface area (Å²) in [7, 11) is 0. The minimum atomic E-state index is -0.721. The van der Waals surface area contributed by atoms with Crippen molar-refractivity contribution in [2.45, 2.75) is 6.54 Å². The number of rotatable bonds is 2. The molecule has 17 heavy (non-hydrogen) atoms. The standard InChI is InChI=1S/C11H9F2N3O/c12-8-2-1-7(9(13)5-8)6-16-11(17)4-3-10(14)15-16/h1-5H,6H2,(H2,14,15). The lowest BCUT2D eigenvalue weighted by molar-refractivity contribution is 0.552. The molecule has 0 saturated carbocycles. The molecule has 0 aliphatic carbocycles. The van der Waals surface area contributed by atoms with Gasteiger partial charge in [-0.25, -0.2) is 13.5 Å². The molecule has 6 heteroatoms. The van der Waals surface area contributed by atoms with Crippen LogP contribution in [0.1, 0.15) is 5.56 Å². The van der Waals surface area contributed by atoms with E-state index in [-0.39, 0.29) is 17.9 Å². The first kappa shape index (κ1) is 11.3. The van der Waals surface area contributed by atoms with Gasteiger partial charge in [-0.1, -0.05) is 6.07 Å². The summed E-state index contributed by atoms with van der Waals surface area (Å²) < 4.78 is 27.1. The summed E-state index contributed by atoms with van der Waals surface area (Å²) in [6.07, 6.45) is 0. The molecule has 1 aromatic carbocycles. The Bertz CT molecular complexity index is 610. The van der Waals surface area contributed by atoms with E-state index in [2.05, 4.69) is 5.10 Å². The van der Waals surface area contributed by atoms with Gasteiger partial charge in [0.25, 0.3) is 5.56 Å². The second-order valence-corrected chi connectivity index (χ2v) is 3.49. The van der Waals surface area contributed by atoms with Crippen molar-refractivity contribution < 1.29 is 8.78 Å². The number of aromatic nitrogens is 2. The molecule has 0 saturated heterocycles. The molecule has 2 rings (SSSR count). The predicted octanol–water partition coefficient (Wildman–Crippen LogP) is 1.15. The zero-order chi connectivity index (χ0) is 12.4. The van der Waals surface area contributed by atoms with Gasteiger partial charge in [-0.05, 0) is 12.1 Å². The summed E-state index contributed by atoms with van der Waals surface area (Å²) in [5.41, 5.74) is 5.19. The summed E-state index contributed by atoms with van der Waals surface area (Å²) in [5.74, 6) is -1.23. The van der Waals surface area contributed by atoms with Gasteiger partial charge in [-0.15, -0.1) is 0 Å².